The standard InChI is InChI=1S/C57H58O10/c1-40-27-29-46(30-28-40)64-54-51(60-35-42-19-9-3-10-20-42)48-32-31-47(33-49(48)66-56(54)58)65-57-55(63-38-45-25-15-6-16-26-45)53(62-37-44-23-13-5-14-24-44)52(61-36-43-21-11-4-12-22-43)50(67-57)39-59-34-41-17-7-2-8-18-41/h2-26,31-33,40,46,50,52-53,55,57H,27-30,34-39H2,1H3/t40-,46+,50-,52+,53+,55-,57-/m1/s1. The van der Waals surface area contributed by atoms with Crippen LogP contribution in [0.15, 0.2) is 179 Å². The van der Waals surface area contributed by atoms with Gasteiger partial charge in [-0.25, -0.2) is 4.79 Å². The molecule has 2 aliphatic rings. The van der Waals surface area contributed by atoms with Gasteiger partial charge in [-0.05, 0) is 71.6 Å². The van der Waals surface area contributed by atoms with Crippen LogP contribution in [-0.4, -0.2) is 43.4 Å². The van der Waals surface area contributed by atoms with E-state index in [1.807, 2.05) is 164 Å². The molecule has 6 aromatic carbocycles. The van der Waals surface area contributed by atoms with Gasteiger partial charge < -0.3 is 42.3 Å². The fourth-order valence-corrected chi connectivity index (χ4v) is 8.67. The summed E-state index contributed by atoms with van der Waals surface area (Å²) in [6.45, 7) is 3.85. The largest absolute Gasteiger partial charge is 0.484 e. The highest BCUT2D eigenvalue weighted by molar-refractivity contribution is 5.86. The van der Waals surface area contributed by atoms with Gasteiger partial charge in [-0.15, -0.1) is 0 Å². The fraction of sp³-hybridized carbons (Fsp3) is 0.316. The quantitative estimate of drug-likeness (QED) is 0.0687. The van der Waals surface area contributed by atoms with Gasteiger partial charge in [0.1, 0.15) is 42.4 Å². The third-order valence-electron chi connectivity index (χ3n) is 12.4. The summed E-state index contributed by atoms with van der Waals surface area (Å²) in [6, 6.07) is 55.2. The Morgan fingerprint density at radius 2 is 1.00 bits per heavy atom. The Morgan fingerprint density at radius 1 is 0.507 bits per heavy atom. The van der Waals surface area contributed by atoms with Crippen molar-refractivity contribution in [3.05, 3.63) is 208 Å². The van der Waals surface area contributed by atoms with Crippen LogP contribution in [0.3, 0.4) is 0 Å². The van der Waals surface area contributed by atoms with Gasteiger partial charge >= 0.3 is 5.63 Å². The molecule has 5 atom stereocenters. The number of ether oxygens (including phenoxy) is 8. The SMILES string of the molecule is C[C@H]1CC[C@@H](Oc2c(OCc3ccccc3)c3ccc(O[C@@H]4O[C@H](COCc5ccccc5)[C@H](OCc5ccccc5)[C@H](OCc5ccccc5)[C@H]4OCc4ccccc4)cc3oc2=O)CC1. The van der Waals surface area contributed by atoms with Gasteiger partial charge in [0.25, 0.3) is 0 Å². The van der Waals surface area contributed by atoms with E-state index in [2.05, 4.69) is 6.92 Å². The Morgan fingerprint density at radius 3 is 1.55 bits per heavy atom. The highest BCUT2D eigenvalue weighted by Crippen LogP contribution is 2.39. The van der Waals surface area contributed by atoms with E-state index in [0.717, 1.165) is 53.5 Å². The number of benzene rings is 6. The van der Waals surface area contributed by atoms with E-state index in [1.165, 1.54) is 0 Å². The molecule has 346 valence electrons. The zero-order valence-electron chi connectivity index (χ0n) is 37.9. The van der Waals surface area contributed by atoms with Crippen molar-refractivity contribution in [2.75, 3.05) is 6.61 Å². The summed E-state index contributed by atoms with van der Waals surface area (Å²) in [5.41, 5.74) is 4.59. The molecule has 0 bridgehead atoms. The molecule has 0 radical (unpaired) electrons. The normalized spacial score (nSPS) is 21.7. The lowest BCUT2D eigenvalue weighted by Gasteiger charge is -2.45. The molecule has 1 aliphatic heterocycles. The van der Waals surface area contributed by atoms with Crippen LogP contribution in [0.5, 0.6) is 17.2 Å². The molecule has 7 aromatic rings. The predicted molar refractivity (Wildman–Crippen MR) is 256 cm³/mol. The maximum absolute atomic E-state index is 14.0. The van der Waals surface area contributed by atoms with E-state index in [9.17, 15) is 4.79 Å². The lowest BCUT2D eigenvalue weighted by Crippen LogP contribution is -2.62. The summed E-state index contributed by atoms with van der Waals surface area (Å²) in [4.78, 5) is 14.0. The van der Waals surface area contributed by atoms with Gasteiger partial charge in [-0.3, -0.25) is 0 Å². The van der Waals surface area contributed by atoms with Crippen molar-refractivity contribution in [2.45, 2.75) is 102 Å². The van der Waals surface area contributed by atoms with Crippen LogP contribution in [0.4, 0.5) is 0 Å². The van der Waals surface area contributed by atoms with Gasteiger partial charge in [0.05, 0.1) is 44.5 Å². The first kappa shape index (κ1) is 45.9. The van der Waals surface area contributed by atoms with Crippen molar-refractivity contribution in [2.24, 2.45) is 5.92 Å². The molecule has 0 N–H and O–H groups in total. The minimum Gasteiger partial charge on any atom is -0.484 e. The summed E-state index contributed by atoms with van der Waals surface area (Å²) >= 11 is 0. The summed E-state index contributed by atoms with van der Waals surface area (Å²) in [6.07, 6.45) is -0.192. The van der Waals surface area contributed by atoms with Crippen molar-refractivity contribution in [1.82, 2.24) is 0 Å². The van der Waals surface area contributed by atoms with Crippen LogP contribution >= 0.6 is 0 Å². The van der Waals surface area contributed by atoms with Gasteiger partial charge in [-0.1, -0.05) is 159 Å². The lowest BCUT2D eigenvalue weighted by molar-refractivity contribution is -0.310. The topological polar surface area (TPSA) is 104 Å². The molecule has 1 saturated carbocycles. The molecule has 10 nitrogen and oxygen atoms in total. The number of hydrogen-bond acceptors (Lipinski definition) is 10. The fourth-order valence-electron chi connectivity index (χ4n) is 8.67. The van der Waals surface area contributed by atoms with Crippen molar-refractivity contribution < 1.29 is 42.3 Å². The number of fused-ring (bicyclic) bond motifs is 1. The Labute approximate surface area is 392 Å². The van der Waals surface area contributed by atoms with Crippen molar-refractivity contribution in [3.63, 3.8) is 0 Å². The molecular formula is C57H58O10. The Kier molecular flexibility index (Phi) is 15.7. The minimum atomic E-state index is -1.03. The Bertz CT molecular complexity index is 2620. The molecule has 0 unspecified atom stereocenters. The van der Waals surface area contributed by atoms with E-state index in [0.29, 0.717) is 36.0 Å². The lowest BCUT2D eigenvalue weighted by atomic mass is 9.89. The Balaban J connectivity index is 1.06. The molecule has 1 aromatic heterocycles. The average Bonchev–Trinajstić information content (AvgIpc) is 3.37. The molecule has 10 heteroatoms. The molecule has 1 saturated heterocycles. The minimum absolute atomic E-state index is 0.0833. The highest BCUT2D eigenvalue weighted by Gasteiger charge is 2.50. The maximum Gasteiger partial charge on any atom is 0.383 e. The van der Waals surface area contributed by atoms with Gasteiger partial charge in [-0.2, -0.15) is 0 Å². The molecule has 67 heavy (non-hydrogen) atoms. The molecule has 0 amide bonds. The summed E-state index contributed by atoms with van der Waals surface area (Å²) < 4.78 is 59.8. The van der Waals surface area contributed by atoms with Crippen LogP contribution in [0.2, 0.25) is 0 Å². The predicted octanol–water partition coefficient (Wildman–Crippen LogP) is 11.4. The zero-order valence-corrected chi connectivity index (χ0v) is 37.9. The molecule has 2 heterocycles. The van der Waals surface area contributed by atoms with E-state index in [-0.39, 0.29) is 43.9 Å². The van der Waals surface area contributed by atoms with Crippen molar-refractivity contribution in [1.29, 1.82) is 0 Å². The molecule has 2 fully saturated rings. The number of rotatable bonds is 20. The Hall–Kier alpha value is -6.27. The number of hydrogen-bond donors (Lipinski definition) is 0. The smallest absolute Gasteiger partial charge is 0.383 e. The van der Waals surface area contributed by atoms with Crippen LogP contribution in [0.25, 0.3) is 11.0 Å². The second-order valence-electron chi connectivity index (χ2n) is 17.4. The second-order valence-corrected chi connectivity index (χ2v) is 17.4. The van der Waals surface area contributed by atoms with Gasteiger partial charge in [0.2, 0.25) is 12.0 Å². The van der Waals surface area contributed by atoms with Crippen LogP contribution < -0.4 is 19.8 Å². The highest BCUT2D eigenvalue weighted by atomic mass is 16.7. The molecule has 0 spiro atoms. The van der Waals surface area contributed by atoms with Crippen LogP contribution in [0, 0.1) is 5.92 Å². The average molecular weight is 903 g/mol. The first-order chi connectivity index (χ1) is 33.0. The first-order valence-corrected chi connectivity index (χ1v) is 23.4. The monoisotopic (exact) mass is 902 g/mol. The molecular weight excluding hydrogens is 845 g/mol. The summed E-state index contributed by atoms with van der Waals surface area (Å²) in [7, 11) is 0. The van der Waals surface area contributed by atoms with Gasteiger partial charge in [0, 0.05) is 6.07 Å². The molecule has 9 rings (SSSR count). The summed E-state index contributed by atoms with van der Waals surface area (Å²) in [5, 5.41) is 0.578. The first-order valence-electron chi connectivity index (χ1n) is 23.4. The second kappa shape index (κ2) is 23.0. The summed E-state index contributed by atoms with van der Waals surface area (Å²) in [5.74, 6) is 1.42. The van der Waals surface area contributed by atoms with Crippen molar-refractivity contribution >= 4 is 11.0 Å². The third kappa shape index (κ3) is 12.4. The zero-order chi connectivity index (χ0) is 45.6. The van der Waals surface area contributed by atoms with Gasteiger partial charge in [0.15, 0.2) is 5.75 Å². The van der Waals surface area contributed by atoms with Crippen LogP contribution in [-0.2, 0) is 56.7 Å². The van der Waals surface area contributed by atoms with Crippen molar-refractivity contribution in [3.8, 4) is 17.2 Å². The molecule has 1 aliphatic carbocycles. The van der Waals surface area contributed by atoms with Crippen LogP contribution in [0.1, 0.15) is 60.4 Å². The van der Waals surface area contributed by atoms with E-state index in [4.69, 9.17) is 42.3 Å². The third-order valence-corrected chi connectivity index (χ3v) is 12.4. The maximum atomic E-state index is 14.0. The van der Waals surface area contributed by atoms with E-state index in [1.54, 1.807) is 6.07 Å². The van der Waals surface area contributed by atoms with E-state index < -0.39 is 36.3 Å². The van der Waals surface area contributed by atoms with E-state index >= 15 is 0 Å².